The molecule has 29 heavy (non-hydrogen) atoms. The molecule has 3 heteroatoms. The summed E-state index contributed by atoms with van der Waals surface area (Å²) in [5.41, 5.74) is 2.14. The Balaban J connectivity index is 1.40. The number of hydrogen-bond acceptors (Lipinski definition) is 1. The molecule has 5 unspecified atom stereocenters. The summed E-state index contributed by atoms with van der Waals surface area (Å²) in [6.07, 6.45) is 13.1. The Morgan fingerprint density at radius 3 is 2.62 bits per heavy atom. The lowest BCUT2D eigenvalue weighted by molar-refractivity contribution is -0.0165. The van der Waals surface area contributed by atoms with Gasteiger partial charge in [0.1, 0.15) is 11.6 Å². The van der Waals surface area contributed by atoms with Crippen molar-refractivity contribution in [3.8, 4) is 0 Å². The van der Waals surface area contributed by atoms with Crippen LogP contribution in [0.5, 0.6) is 0 Å². The zero-order valence-corrected chi connectivity index (χ0v) is 18.3. The lowest BCUT2D eigenvalue weighted by Gasteiger charge is -2.42. The second-order valence-electron chi connectivity index (χ2n) is 10.1. The van der Waals surface area contributed by atoms with E-state index in [-0.39, 0.29) is 17.6 Å². The second kappa shape index (κ2) is 9.45. The standard InChI is InChI=1S/C26H38F2O/c1-3-4-5-12-29-22-10-9-18-14-20(8-7-19(18)15-22)25-24(27)16-21-13-17(2)6-11-23(21)26(25)28/h16-20,22H,3-15H2,1-2H3. The fourth-order valence-corrected chi connectivity index (χ4v) is 6.28. The monoisotopic (exact) mass is 404 g/mol. The first kappa shape index (κ1) is 21.3. The van der Waals surface area contributed by atoms with E-state index in [1.165, 1.54) is 19.3 Å². The maximum absolute atomic E-state index is 15.4. The van der Waals surface area contributed by atoms with Gasteiger partial charge < -0.3 is 4.74 Å². The van der Waals surface area contributed by atoms with Crippen molar-refractivity contribution in [3.63, 3.8) is 0 Å². The molecular formula is C26H38F2O. The van der Waals surface area contributed by atoms with Crippen LogP contribution < -0.4 is 0 Å². The fourth-order valence-electron chi connectivity index (χ4n) is 6.28. The number of ether oxygens (including phenoxy) is 1. The number of benzene rings is 1. The van der Waals surface area contributed by atoms with Gasteiger partial charge in [-0.3, -0.25) is 0 Å². The molecule has 4 rings (SSSR count). The van der Waals surface area contributed by atoms with Crippen LogP contribution >= 0.6 is 0 Å². The van der Waals surface area contributed by atoms with Gasteiger partial charge in [0.05, 0.1) is 6.10 Å². The molecule has 2 saturated carbocycles. The van der Waals surface area contributed by atoms with Crippen molar-refractivity contribution in [1.82, 2.24) is 0 Å². The average Bonchev–Trinajstić information content (AvgIpc) is 2.71. The molecule has 0 amide bonds. The number of rotatable bonds is 6. The molecular weight excluding hydrogens is 366 g/mol. The molecule has 162 valence electrons. The third-order valence-electron chi connectivity index (χ3n) is 7.98. The molecule has 1 aromatic carbocycles. The van der Waals surface area contributed by atoms with E-state index in [0.29, 0.717) is 29.4 Å². The highest BCUT2D eigenvalue weighted by Gasteiger charge is 2.38. The third-order valence-corrected chi connectivity index (χ3v) is 7.98. The van der Waals surface area contributed by atoms with Crippen LogP contribution in [-0.4, -0.2) is 12.7 Å². The Bertz CT molecular complexity index is 700. The summed E-state index contributed by atoms with van der Waals surface area (Å²) in [4.78, 5) is 0. The van der Waals surface area contributed by atoms with Crippen LogP contribution in [0.25, 0.3) is 0 Å². The van der Waals surface area contributed by atoms with Gasteiger partial charge in [0, 0.05) is 12.2 Å². The number of fused-ring (bicyclic) bond motifs is 2. The molecule has 3 aliphatic rings. The van der Waals surface area contributed by atoms with E-state index in [1.807, 2.05) is 0 Å². The summed E-state index contributed by atoms with van der Waals surface area (Å²) in [6, 6.07) is 1.66. The largest absolute Gasteiger partial charge is 0.378 e. The van der Waals surface area contributed by atoms with E-state index >= 15 is 4.39 Å². The Morgan fingerprint density at radius 1 is 1.00 bits per heavy atom. The van der Waals surface area contributed by atoms with Gasteiger partial charge in [-0.2, -0.15) is 0 Å². The number of halogens is 2. The maximum atomic E-state index is 15.4. The normalized spacial score (nSPS) is 31.9. The van der Waals surface area contributed by atoms with E-state index in [1.54, 1.807) is 6.07 Å². The minimum atomic E-state index is -0.285. The molecule has 0 radical (unpaired) electrons. The van der Waals surface area contributed by atoms with E-state index in [0.717, 1.165) is 75.5 Å². The minimum absolute atomic E-state index is 0.0583. The van der Waals surface area contributed by atoms with Crippen LogP contribution in [0.3, 0.4) is 0 Å². The first-order valence-electron chi connectivity index (χ1n) is 12.2. The molecule has 1 nitrogen and oxygen atoms in total. The summed E-state index contributed by atoms with van der Waals surface area (Å²) < 4.78 is 36.5. The van der Waals surface area contributed by atoms with Gasteiger partial charge in [-0.05, 0) is 105 Å². The molecule has 5 atom stereocenters. The predicted octanol–water partition coefficient (Wildman–Crippen LogP) is 7.35. The van der Waals surface area contributed by atoms with Gasteiger partial charge in [-0.1, -0.05) is 26.7 Å². The van der Waals surface area contributed by atoms with Crippen molar-refractivity contribution in [1.29, 1.82) is 0 Å². The topological polar surface area (TPSA) is 9.23 Å². The lowest BCUT2D eigenvalue weighted by atomic mass is 9.65. The first-order valence-corrected chi connectivity index (χ1v) is 12.2. The highest BCUT2D eigenvalue weighted by molar-refractivity contribution is 5.39. The lowest BCUT2D eigenvalue weighted by Crippen LogP contribution is -2.34. The van der Waals surface area contributed by atoms with Crippen molar-refractivity contribution >= 4 is 0 Å². The summed E-state index contributed by atoms with van der Waals surface area (Å²) >= 11 is 0. The quantitative estimate of drug-likeness (QED) is 0.450. The molecule has 0 spiro atoms. The Hall–Kier alpha value is -0.960. The fraction of sp³-hybridized carbons (Fsp3) is 0.769. The molecule has 2 fully saturated rings. The number of unbranched alkanes of at least 4 members (excludes halogenated alkanes) is 2. The number of hydrogen-bond donors (Lipinski definition) is 0. The van der Waals surface area contributed by atoms with Crippen LogP contribution in [0.4, 0.5) is 8.78 Å². The van der Waals surface area contributed by atoms with Gasteiger partial charge in [-0.25, -0.2) is 8.78 Å². The zero-order valence-electron chi connectivity index (χ0n) is 18.3. The van der Waals surface area contributed by atoms with Gasteiger partial charge >= 0.3 is 0 Å². The minimum Gasteiger partial charge on any atom is -0.378 e. The highest BCUT2D eigenvalue weighted by atomic mass is 19.1. The van der Waals surface area contributed by atoms with E-state index < -0.39 is 0 Å². The maximum Gasteiger partial charge on any atom is 0.133 e. The van der Waals surface area contributed by atoms with E-state index in [9.17, 15) is 4.39 Å². The molecule has 0 bridgehead atoms. The van der Waals surface area contributed by atoms with Crippen LogP contribution in [0.2, 0.25) is 0 Å². The van der Waals surface area contributed by atoms with Crippen molar-refractivity contribution in [3.05, 3.63) is 34.4 Å². The molecule has 0 saturated heterocycles. The van der Waals surface area contributed by atoms with Crippen LogP contribution in [-0.2, 0) is 17.6 Å². The Labute approximate surface area is 175 Å². The Kier molecular flexibility index (Phi) is 6.94. The van der Waals surface area contributed by atoms with Crippen LogP contribution in [0, 0.1) is 29.4 Å². The van der Waals surface area contributed by atoms with Gasteiger partial charge in [0.15, 0.2) is 0 Å². The van der Waals surface area contributed by atoms with Gasteiger partial charge in [0.2, 0.25) is 0 Å². The smallest absolute Gasteiger partial charge is 0.133 e. The molecule has 0 aliphatic heterocycles. The van der Waals surface area contributed by atoms with Crippen molar-refractivity contribution in [2.75, 3.05) is 6.61 Å². The summed E-state index contributed by atoms with van der Waals surface area (Å²) in [6.45, 7) is 5.29. The third kappa shape index (κ3) is 4.70. The predicted molar refractivity (Wildman–Crippen MR) is 114 cm³/mol. The van der Waals surface area contributed by atoms with Gasteiger partial charge in [0.25, 0.3) is 0 Å². The SMILES string of the molecule is CCCCCOC1CCC2CC(c3c(F)cc4c(c3F)CCC(C)C4)CCC2C1. The highest BCUT2D eigenvalue weighted by Crippen LogP contribution is 2.48. The van der Waals surface area contributed by atoms with E-state index in [4.69, 9.17) is 4.74 Å². The van der Waals surface area contributed by atoms with E-state index in [2.05, 4.69) is 13.8 Å². The molecule has 0 aromatic heterocycles. The molecule has 0 N–H and O–H groups in total. The summed E-state index contributed by atoms with van der Waals surface area (Å²) in [7, 11) is 0. The van der Waals surface area contributed by atoms with Crippen LogP contribution in [0.15, 0.2) is 6.07 Å². The van der Waals surface area contributed by atoms with Crippen LogP contribution in [0.1, 0.15) is 101 Å². The van der Waals surface area contributed by atoms with Crippen molar-refractivity contribution in [2.24, 2.45) is 17.8 Å². The molecule has 3 aliphatic carbocycles. The summed E-state index contributed by atoms with van der Waals surface area (Å²) in [5.74, 6) is 1.39. The van der Waals surface area contributed by atoms with Crippen molar-refractivity contribution < 1.29 is 13.5 Å². The average molecular weight is 405 g/mol. The first-order chi connectivity index (χ1) is 14.1. The van der Waals surface area contributed by atoms with Crippen molar-refractivity contribution in [2.45, 2.75) is 103 Å². The zero-order chi connectivity index (χ0) is 20.4. The molecule has 0 heterocycles. The second-order valence-corrected chi connectivity index (χ2v) is 10.1. The van der Waals surface area contributed by atoms with Gasteiger partial charge in [-0.15, -0.1) is 0 Å². The Morgan fingerprint density at radius 2 is 1.79 bits per heavy atom. The summed E-state index contributed by atoms with van der Waals surface area (Å²) in [5, 5.41) is 0. The molecule has 1 aromatic rings.